The van der Waals surface area contributed by atoms with Crippen LogP contribution in [0.15, 0.2) is 18.3 Å². The molecule has 0 amide bonds. The lowest BCUT2D eigenvalue weighted by Crippen LogP contribution is -2.11. The van der Waals surface area contributed by atoms with Gasteiger partial charge >= 0.3 is 0 Å². The largest absolute Gasteiger partial charge is 0.480 e. The molecule has 3 nitrogen and oxygen atoms in total. The SMILES string of the molecule is CC[C@@H](C)CNc1cccnc1OC. The monoisotopic (exact) mass is 194 g/mol. The van der Waals surface area contributed by atoms with Crippen molar-refractivity contribution in [1.29, 1.82) is 0 Å². The number of anilines is 1. The highest BCUT2D eigenvalue weighted by Gasteiger charge is 2.03. The average Bonchev–Trinajstić information content (AvgIpc) is 2.26. The molecule has 0 unspecified atom stereocenters. The lowest BCUT2D eigenvalue weighted by Gasteiger charge is -2.12. The molecule has 1 heterocycles. The van der Waals surface area contributed by atoms with E-state index in [9.17, 15) is 0 Å². The first-order valence-electron chi connectivity index (χ1n) is 5.00. The number of methoxy groups -OCH3 is 1. The third-order valence-corrected chi connectivity index (χ3v) is 2.30. The van der Waals surface area contributed by atoms with Gasteiger partial charge in [0.05, 0.1) is 12.8 Å². The zero-order chi connectivity index (χ0) is 10.4. The van der Waals surface area contributed by atoms with Gasteiger partial charge in [0.25, 0.3) is 0 Å². The van der Waals surface area contributed by atoms with E-state index in [4.69, 9.17) is 4.74 Å². The van der Waals surface area contributed by atoms with Crippen molar-refractivity contribution >= 4 is 5.69 Å². The van der Waals surface area contributed by atoms with E-state index in [1.807, 2.05) is 12.1 Å². The topological polar surface area (TPSA) is 34.2 Å². The van der Waals surface area contributed by atoms with Gasteiger partial charge in [0.1, 0.15) is 0 Å². The molecule has 1 atom stereocenters. The Hall–Kier alpha value is -1.25. The second-order valence-corrected chi connectivity index (χ2v) is 3.45. The van der Waals surface area contributed by atoms with Crippen molar-refractivity contribution in [2.45, 2.75) is 20.3 Å². The average molecular weight is 194 g/mol. The third kappa shape index (κ3) is 2.91. The highest BCUT2D eigenvalue weighted by Crippen LogP contribution is 2.20. The molecule has 0 saturated heterocycles. The van der Waals surface area contributed by atoms with E-state index in [-0.39, 0.29) is 0 Å². The maximum Gasteiger partial charge on any atom is 0.237 e. The van der Waals surface area contributed by atoms with Crippen molar-refractivity contribution in [2.24, 2.45) is 5.92 Å². The van der Waals surface area contributed by atoms with E-state index in [0.29, 0.717) is 11.8 Å². The number of nitrogens with zero attached hydrogens (tertiary/aromatic N) is 1. The molecule has 0 aromatic carbocycles. The Bertz CT molecular complexity index is 276. The summed E-state index contributed by atoms with van der Waals surface area (Å²) in [6, 6.07) is 3.88. The quantitative estimate of drug-likeness (QED) is 0.782. The van der Waals surface area contributed by atoms with Crippen LogP contribution in [0.4, 0.5) is 5.69 Å². The smallest absolute Gasteiger partial charge is 0.237 e. The fraction of sp³-hybridized carbons (Fsp3) is 0.545. The van der Waals surface area contributed by atoms with E-state index >= 15 is 0 Å². The fourth-order valence-corrected chi connectivity index (χ4v) is 1.12. The molecule has 1 aromatic heterocycles. The molecule has 0 radical (unpaired) electrons. The van der Waals surface area contributed by atoms with Gasteiger partial charge in [-0.1, -0.05) is 20.3 Å². The number of aromatic nitrogens is 1. The Morgan fingerprint density at radius 2 is 2.36 bits per heavy atom. The molecule has 0 spiro atoms. The molecule has 0 aliphatic carbocycles. The third-order valence-electron chi connectivity index (χ3n) is 2.30. The van der Waals surface area contributed by atoms with E-state index in [1.165, 1.54) is 6.42 Å². The molecule has 1 aromatic rings. The van der Waals surface area contributed by atoms with E-state index in [2.05, 4.69) is 24.1 Å². The molecule has 1 rings (SSSR count). The molecular formula is C11H18N2O. The normalized spacial score (nSPS) is 12.2. The van der Waals surface area contributed by atoms with E-state index < -0.39 is 0 Å². The van der Waals surface area contributed by atoms with Crippen molar-refractivity contribution in [3.63, 3.8) is 0 Å². The van der Waals surface area contributed by atoms with Gasteiger partial charge in [-0.15, -0.1) is 0 Å². The molecule has 0 saturated carbocycles. The van der Waals surface area contributed by atoms with Gasteiger partial charge in [-0.2, -0.15) is 0 Å². The van der Waals surface area contributed by atoms with Crippen molar-refractivity contribution in [2.75, 3.05) is 19.0 Å². The predicted molar refractivity (Wildman–Crippen MR) is 58.7 cm³/mol. The van der Waals surface area contributed by atoms with Crippen molar-refractivity contribution in [3.8, 4) is 5.88 Å². The van der Waals surface area contributed by atoms with Crippen molar-refractivity contribution < 1.29 is 4.74 Å². The molecule has 78 valence electrons. The summed E-state index contributed by atoms with van der Waals surface area (Å²) in [7, 11) is 1.64. The van der Waals surface area contributed by atoms with Crippen molar-refractivity contribution in [1.82, 2.24) is 4.98 Å². The fourth-order valence-electron chi connectivity index (χ4n) is 1.12. The molecule has 3 heteroatoms. The Morgan fingerprint density at radius 1 is 1.57 bits per heavy atom. The van der Waals surface area contributed by atoms with Crippen LogP contribution in [0.3, 0.4) is 0 Å². The number of rotatable bonds is 5. The van der Waals surface area contributed by atoms with Gasteiger partial charge in [-0.3, -0.25) is 0 Å². The Balaban J connectivity index is 2.57. The number of nitrogens with one attached hydrogen (secondary N) is 1. The standard InChI is InChI=1S/C11H18N2O/c1-4-9(2)8-13-10-6-5-7-12-11(10)14-3/h5-7,9,13H,4,8H2,1-3H3/t9-/m1/s1. The maximum atomic E-state index is 5.14. The zero-order valence-electron chi connectivity index (χ0n) is 9.08. The molecule has 1 N–H and O–H groups in total. The summed E-state index contributed by atoms with van der Waals surface area (Å²) >= 11 is 0. The van der Waals surface area contributed by atoms with Crippen molar-refractivity contribution in [3.05, 3.63) is 18.3 Å². The van der Waals surface area contributed by atoms with Gasteiger partial charge < -0.3 is 10.1 Å². The highest BCUT2D eigenvalue weighted by molar-refractivity contribution is 5.51. The summed E-state index contributed by atoms with van der Waals surface area (Å²) in [5.41, 5.74) is 0.968. The summed E-state index contributed by atoms with van der Waals surface area (Å²) in [5.74, 6) is 1.33. The van der Waals surface area contributed by atoms with E-state index in [1.54, 1.807) is 13.3 Å². The second-order valence-electron chi connectivity index (χ2n) is 3.45. The van der Waals surface area contributed by atoms with Crippen LogP contribution in [-0.2, 0) is 0 Å². The van der Waals surface area contributed by atoms with Gasteiger partial charge in [-0.25, -0.2) is 4.98 Å². The van der Waals surface area contributed by atoms with Crippen LogP contribution < -0.4 is 10.1 Å². The Labute approximate surface area is 85.5 Å². The first kappa shape index (κ1) is 10.8. The molecule has 0 aliphatic heterocycles. The summed E-state index contributed by atoms with van der Waals surface area (Å²) in [6.07, 6.45) is 2.91. The maximum absolute atomic E-state index is 5.14. The zero-order valence-corrected chi connectivity index (χ0v) is 9.08. The molecule has 0 bridgehead atoms. The molecule has 0 aliphatic rings. The summed E-state index contributed by atoms with van der Waals surface area (Å²) in [6.45, 7) is 5.36. The number of ether oxygens (including phenoxy) is 1. The van der Waals surface area contributed by atoms with E-state index in [0.717, 1.165) is 12.2 Å². The van der Waals surface area contributed by atoms with Gasteiger partial charge in [0.2, 0.25) is 5.88 Å². The van der Waals surface area contributed by atoms with Gasteiger partial charge in [0.15, 0.2) is 0 Å². The Morgan fingerprint density at radius 3 is 3.00 bits per heavy atom. The van der Waals surface area contributed by atoms with Gasteiger partial charge in [-0.05, 0) is 18.1 Å². The highest BCUT2D eigenvalue weighted by atomic mass is 16.5. The van der Waals surface area contributed by atoms with Crippen LogP contribution in [0.5, 0.6) is 5.88 Å². The van der Waals surface area contributed by atoms with Gasteiger partial charge in [0, 0.05) is 12.7 Å². The van der Waals surface area contributed by atoms with Crippen LogP contribution >= 0.6 is 0 Å². The number of pyridine rings is 1. The van der Waals surface area contributed by atoms with Crippen LogP contribution in [0.25, 0.3) is 0 Å². The lowest BCUT2D eigenvalue weighted by molar-refractivity contribution is 0.399. The molecule has 0 fully saturated rings. The summed E-state index contributed by atoms with van der Waals surface area (Å²) in [4.78, 5) is 4.12. The Kier molecular flexibility index (Phi) is 4.23. The number of hydrogen-bond donors (Lipinski definition) is 1. The summed E-state index contributed by atoms with van der Waals surface area (Å²) in [5, 5.41) is 3.33. The number of hydrogen-bond acceptors (Lipinski definition) is 3. The minimum absolute atomic E-state index is 0.663. The molecular weight excluding hydrogens is 176 g/mol. The second kappa shape index (κ2) is 5.47. The van der Waals surface area contributed by atoms with Crippen LogP contribution in [0.2, 0.25) is 0 Å². The summed E-state index contributed by atoms with van der Waals surface area (Å²) < 4.78 is 5.14. The van der Waals surface area contributed by atoms with Crippen LogP contribution in [0.1, 0.15) is 20.3 Å². The first-order valence-corrected chi connectivity index (χ1v) is 5.00. The van der Waals surface area contributed by atoms with Crippen LogP contribution in [0, 0.1) is 5.92 Å². The van der Waals surface area contributed by atoms with Crippen LogP contribution in [-0.4, -0.2) is 18.6 Å². The molecule has 14 heavy (non-hydrogen) atoms. The minimum Gasteiger partial charge on any atom is -0.480 e. The predicted octanol–water partition coefficient (Wildman–Crippen LogP) is 2.55. The first-order chi connectivity index (χ1) is 6.77. The minimum atomic E-state index is 0.663. The lowest BCUT2D eigenvalue weighted by atomic mass is 10.1.